The van der Waals surface area contributed by atoms with Crippen LogP contribution in [0.4, 0.5) is 0 Å². The molecule has 96 valence electrons. The Bertz CT molecular complexity index is 537. The van der Waals surface area contributed by atoms with Crippen molar-refractivity contribution in [1.29, 1.82) is 0 Å². The van der Waals surface area contributed by atoms with Gasteiger partial charge >= 0.3 is 0 Å². The van der Waals surface area contributed by atoms with Crippen molar-refractivity contribution in [3.63, 3.8) is 0 Å². The molecule has 2 aromatic heterocycles. The van der Waals surface area contributed by atoms with Gasteiger partial charge in [-0.2, -0.15) is 11.3 Å². The molecule has 1 atom stereocenters. The first-order chi connectivity index (χ1) is 8.55. The van der Waals surface area contributed by atoms with Crippen LogP contribution >= 0.6 is 11.3 Å². The Morgan fingerprint density at radius 1 is 1.44 bits per heavy atom. The van der Waals surface area contributed by atoms with E-state index < -0.39 is 0 Å². The van der Waals surface area contributed by atoms with Gasteiger partial charge in [0.2, 0.25) is 0 Å². The average molecular weight is 260 g/mol. The molecule has 2 aromatic rings. The number of nitrogens with zero attached hydrogens (tertiary/aromatic N) is 1. The third-order valence-electron chi connectivity index (χ3n) is 3.86. The molecule has 2 heterocycles. The number of rotatable bonds is 2. The Labute approximate surface area is 112 Å². The monoisotopic (exact) mass is 260 g/mol. The van der Waals surface area contributed by atoms with Crippen LogP contribution in [0, 0.1) is 5.41 Å². The van der Waals surface area contributed by atoms with Crippen molar-refractivity contribution in [2.24, 2.45) is 11.1 Å². The molecule has 18 heavy (non-hydrogen) atoms. The van der Waals surface area contributed by atoms with Gasteiger partial charge in [-0.3, -0.25) is 0 Å². The van der Waals surface area contributed by atoms with Crippen LogP contribution in [0.1, 0.15) is 43.1 Å². The molecule has 0 spiro atoms. The van der Waals surface area contributed by atoms with Crippen molar-refractivity contribution in [1.82, 2.24) is 4.57 Å². The molecular weight excluding hydrogens is 240 g/mol. The van der Waals surface area contributed by atoms with Gasteiger partial charge in [0, 0.05) is 24.5 Å². The topological polar surface area (TPSA) is 30.9 Å². The fourth-order valence-electron chi connectivity index (χ4n) is 3.02. The number of thiophene rings is 1. The van der Waals surface area contributed by atoms with Crippen LogP contribution in [0.5, 0.6) is 0 Å². The summed E-state index contributed by atoms with van der Waals surface area (Å²) in [5.41, 5.74) is 10.8. The van der Waals surface area contributed by atoms with Gasteiger partial charge in [0.1, 0.15) is 0 Å². The maximum atomic E-state index is 6.30. The highest BCUT2D eigenvalue weighted by Crippen LogP contribution is 2.40. The van der Waals surface area contributed by atoms with E-state index in [1.54, 1.807) is 11.3 Å². The molecule has 1 aliphatic rings. The quantitative estimate of drug-likeness (QED) is 0.879. The second kappa shape index (κ2) is 4.25. The van der Waals surface area contributed by atoms with Crippen LogP contribution < -0.4 is 5.73 Å². The van der Waals surface area contributed by atoms with Crippen molar-refractivity contribution in [3.05, 3.63) is 45.9 Å². The molecule has 0 saturated carbocycles. The highest BCUT2D eigenvalue weighted by Gasteiger charge is 2.32. The Morgan fingerprint density at radius 3 is 3.00 bits per heavy atom. The first-order valence-corrected chi connectivity index (χ1v) is 7.44. The fourth-order valence-corrected chi connectivity index (χ4v) is 3.68. The van der Waals surface area contributed by atoms with E-state index >= 15 is 0 Å². The van der Waals surface area contributed by atoms with Gasteiger partial charge < -0.3 is 10.3 Å². The standard InChI is InChI=1S/C15H20N2S/c1-15(2)7-13(16)12-3-5-17(14(12)8-15)9-11-4-6-18-10-11/h3-6,10,13H,7-9,16H2,1-2H3. The molecule has 2 N–H and O–H groups in total. The van der Waals surface area contributed by atoms with Crippen molar-refractivity contribution >= 4 is 11.3 Å². The zero-order valence-corrected chi connectivity index (χ0v) is 11.8. The van der Waals surface area contributed by atoms with E-state index in [9.17, 15) is 0 Å². The van der Waals surface area contributed by atoms with E-state index in [2.05, 4.69) is 47.5 Å². The van der Waals surface area contributed by atoms with E-state index in [0.29, 0.717) is 5.41 Å². The number of nitrogens with two attached hydrogens (primary N) is 1. The van der Waals surface area contributed by atoms with Gasteiger partial charge in [-0.1, -0.05) is 13.8 Å². The summed E-state index contributed by atoms with van der Waals surface area (Å²) in [4.78, 5) is 0. The Morgan fingerprint density at radius 2 is 2.28 bits per heavy atom. The van der Waals surface area contributed by atoms with Crippen LogP contribution in [0.3, 0.4) is 0 Å². The Kier molecular flexibility index (Phi) is 2.83. The van der Waals surface area contributed by atoms with E-state index in [1.165, 1.54) is 16.8 Å². The van der Waals surface area contributed by atoms with Crippen LogP contribution in [-0.2, 0) is 13.0 Å². The van der Waals surface area contributed by atoms with Gasteiger partial charge in [-0.05, 0) is 52.3 Å². The van der Waals surface area contributed by atoms with Gasteiger partial charge in [-0.15, -0.1) is 0 Å². The van der Waals surface area contributed by atoms with Crippen molar-refractivity contribution in [3.8, 4) is 0 Å². The third-order valence-corrected chi connectivity index (χ3v) is 4.60. The first kappa shape index (κ1) is 12.0. The number of hydrogen-bond acceptors (Lipinski definition) is 2. The van der Waals surface area contributed by atoms with Crippen molar-refractivity contribution in [2.75, 3.05) is 0 Å². The summed E-state index contributed by atoms with van der Waals surface area (Å²) in [6, 6.07) is 4.61. The molecule has 0 saturated heterocycles. The average Bonchev–Trinajstić information content (AvgIpc) is 2.88. The molecule has 0 amide bonds. The summed E-state index contributed by atoms with van der Waals surface area (Å²) >= 11 is 1.76. The van der Waals surface area contributed by atoms with Gasteiger partial charge in [0.05, 0.1) is 0 Å². The molecule has 1 unspecified atom stereocenters. The van der Waals surface area contributed by atoms with Crippen LogP contribution in [-0.4, -0.2) is 4.57 Å². The molecule has 2 nitrogen and oxygen atoms in total. The first-order valence-electron chi connectivity index (χ1n) is 6.50. The molecule has 3 heteroatoms. The Hall–Kier alpha value is -1.06. The van der Waals surface area contributed by atoms with E-state index in [1.807, 2.05) is 0 Å². The smallest absolute Gasteiger partial charge is 0.0481 e. The van der Waals surface area contributed by atoms with E-state index in [0.717, 1.165) is 19.4 Å². The summed E-state index contributed by atoms with van der Waals surface area (Å²) in [5.74, 6) is 0. The normalized spacial score (nSPS) is 21.8. The molecule has 0 aromatic carbocycles. The summed E-state index contributed by atoms with van der Waals surface area (Å²) in [5, 5.41) is 4.36. The molecule has 0 aliphatic heterocycles. The second-order valence-corrected chi connectivity index (χ2v) is 6.91. The summed E-state index contributed by atoms with van der Waals surface area (Å²) < 4.78 is 2.37. The maximum absolute atomic E-state index is 6.30. The van der Waals surface area contributed by atoms with Crippen molar-refractivity contribution < 1.29 is 0 Å². The lowest BCUT2D eigenvalue weighted by atomic mass is 9.74. The van der Waals surface area contributed by atoms with E-state index in [-0.39, 0.29) is 6.04 Å². The highest BCUT2D eigenvalue weighted by atomic mass is 32.1. The number of aromatic nitrogens is 1. The fraction of sp³-hybridized carbons (Fsp3) is 0.467. The van der Waals surface area contributed by atoms with Crippen LogP contribution in [0.2, 0.25) is 0 Å². The van der Waals surface area contributed by atoms with Gasteiger partial charge in [0.25, 0.3) is 0 Å². The molecule has 1 aliphatic carbocycles. The predicted octanol–water partition coefficient (Wildman–Crippen LogP) is 3.57. The zero-order valence-electron chi connectivity index (χ0n) is 11.0. The number of hydrogen-bond donors (Lipinski definition) is 1. The summed E-state index contributed by atoms with van der Waals surface area (Å²) in [6.07, 6.45) is 4.42. The summed E-state index contributed by atoms with van der Waals surface area (Å²) in [6.45, 7) is 5.61. The van der Waals surface area contributed by atoms with Gasteiger partial charge in [0.15, 0.2) is 0 Å². The Balaban J connectivity index is 1.94. The SMILES string of the molecule is CC1(C)Cc2c(ccn2Cc2ccsc2)C(N)C1. The molecule has 3 rings (SSSR count). The molecule has 0 radical (unpaired) electrons. The summed E-state index contributed by atoms with van der Waals surface area (Å²) in [7, 11) is 0. The third kappa shape index (κ3) is 2.13. The van der Waals surface area contributed by atoms with Crippen LogP contribution in [0.15, 0.2) is 29.1 Å². The van der Waals surface area contributed by atoms with Gasteiger partial charge in [-0.25, -0.2) is 0 Å². The number of fused-ring (bicyclic) bond motifs is 1. The van der Waals surface area contributed by atoms with E-state index in [4.69, 9.17) is 5.73 Å². The maximum Gasteiger partial charge on any atom is 0.0481 e. The second-order valence-electron chi connectivity index (χ2n) is 6.13. The van der Waals surface area contributed by atoms with Crippen LogP contribution in [0.25, 0.3) is 0 Å². The molecule has 0 bridgehead atoms. The minimum Gasteiger partial charge on any atom is -0.347 e. The predicted molar refractivity (Wildman–Crippen MR) is 76.9 cm³/mol. The lowest BCUT2D eigenvalue weighted by Gasteiger charge is -2.34. The molecular formula is C15H20N2S. The minimum atomic E-state index is 0.201. The molecule has 0 fully saturated rings. The largest absolute Gasteiger partial charge is 0.347 e. The highest BCUT2D eigenvalue weighted by molar-refractivity contribution is 7.07. The lowest BCUT2D eigenvalue weighted by Crippen LogP contribution is -2.30. The minimum absolute atomic E-state index is 0.201. The van der Waals surface area contributed by atoms with Crippen molar-refractivity contribution in [2.45, 2.75) is 39.3 Å². The lowest BCUT2D eigenvalue weighted by molar-refractivity contribution is 0.276. The zero-order chi connectivity index (χ0) is 12.8.